The van der Waals surface area contributed by atoms with Crippen LogP contribution in [0.4, 0.5) is 39.5 Å². The Labute approximate surface area is 208 Å². The van der Waals surface area contributed by atoms with Crippen LogP contribution < -0.4 is 5.32 Å². The van der Waals surface area contributed by atoms with Gasteiger partial charge in [0.2, 0.25) is 0 Å². The number of halogens is 10. The molecule has 0 bridgehead atoms. The van der Waals surface area contributed by atoms with Gasteiger partial charge in [-0.05, 0) is 42.3 Å². The molecule has 1 aliphatic heterocycles. The number of aryl methyl sites for hydroxylation is 1. The fourth-order valence-corrected chi connectivity index (χ4v) is 4.43. The minimum Gasteiger partial charge on any atom is -0.374 e. The second kappa shape index (κ2) is 8.81. The van der Waals surface area contributed by atoms with E-state index >= 15 is 0 Å². The number of carbonyl (C=O) groups is 1. The molecule has 4 rings (SSSR count). The summed E-state index contributed by atoms with van der Waals surface area (Å²) in [5.41, 5.74) is -6.73. The highest BCUT2D eigenvalue weighted by Gasteiger charge is 2.64. The number of nitrogens with one attached hydrogen (secondary N) is 1. The Morgan fingerprint density at radius 2 is 1.76 bits per heavy atom. The van der Waals surface area contributed by atoms with E-state index in [0.717, 1.165) is 0 Å². The quantitative estimate of drug-likeness (QED) is 0.414. The van der Waals surface area contributed by atoms with Crippen LogP contribution in [-0.2, 0) is 16.6 Å². The molecule has 1 saturated carbocycles. The van der Waals surface area contributed by atoms with Gasteiger partial charge in [-0.1, -0.05) is 22.8 Å². The Kier molecular flexibility index (Phi) is 6.45. The van der Waals surface area contributed by atoms with E-state index in [9.17, 15) is 44.3 Å². The predicted molar refractivity (Wildman–Crippen MR) is 113 cm³/mol. The minimum absolute atomic E-state index is 0.0180. The monoisotopic (exact) mass is 558 g/mol. The van der Waals surface area contributed by atoms with Crippen molar-refractivity contribution in [1.29, 1.82) is 0 Å². The first-order valence-corrected chi connectivity index (χ1v) is 11.0. The smallest absolute Gasteiger partial charge is 0.374 e. The maximum atomic E-state index is 14.7. The van der Waals surface area contributed by atoms with Gasteiger partial charge in [0.15, 0.2) is 0 Å². The third-order valence-corrected chi connectivity index (χ3v) is 6.48. The second-order valence-electron chi connectivity index (χ2n) is 8.91. The standard InChI is InChI=1S/C23H16ClF9N2O2/c1-10-4-11(2-3-14(10)19(36)34-13-7-20(26,27)8-13)17-9-21(37-35-17,23(31,32)33)15-5-12(22(28,29)30)6-16(24)18(15)25/h2-6,13H,7-9H2,1H3,(H,34,36)/t21-/m0/s1. The van der Waals surface area contributed by atoms with Crippen LogP contribution in [0.2, 0.25) is 5.02 Å². The van der Waals surface area contributed by atoms with E-state index in [2.05, 4.69) is 15.3 Å². The molecule has 0 spiro atoms. The van der Waals surface area contributed by atoms with Gasteiger partial charge in [-0.15, -0.1) is 0 Å². The third-order valence-electron chi connectivity index (χ3n) is 6.21. The van der Waals surface area contributed by atoms with Gasteiger partial charge in [0, 0.05) is 30.0 Å². The molecule has 200 valence electrons. The Bertz CT molecular complexity index is 1280. The van der Waals surface area contributed by atoms with E-state index < -0.39 is 77.1 Å². The summed E-state index contributed by atoms with van der Waals surface area (Å²) < 4.78 is 123. The summed E-state index contributed by atoms with van der Waals surface area (Å²) in [6.07, 6.45) is -12.7. The molecule has 1 fully saturated rings. The highest BCUT2D eigenvalue weighted by atomic mass is 35.5. The summed E-state index contributed by atoms with van der Waals surface area (Å²) in [7, 11) is 0. The number of benzene rings is 2. The van der Waals surface area contributed by atoms with Gasteiger partial charge in [0.1, 0.15) is 5.82 Å². The molecule has 1 aliphatic carbocycles. The molecule has 1 atom stereocenters. The zero-order chi connectivity index (χ0) is 27.6. The Morgan fingerprint density at radius 1 is 1.11 bits per heavy atom. The van der Waals surface area contributed by atoms with E-state index in [4.69, 9.17) is 11.6 Å². The van der Waals surface area contributed by atoms with Crippen molar-refractivity contribution in [3.63, 3.8) is 0 Å². The molecule has 1 amide bonds. The lowest BCUT2D eigenvalue weighted by molar-refractivity contribution is -0.276. The van der Waals surface area contributed by atoms with Gasteiger partial charge in [-0.2, -0.15) is 26.3 Å². The number of hydrogen-bond acceptors (Lipinski definition) is 3. The lowest BCUT2D eigenvalue weighted by Crippen LogP contribution is -2.50. The lowest BCUT2D eigenvalue weighted by Gasteiger charge is -2.35. The van der Waals surface area contributed by atoms with Crippen LogP contribution in [0.25, 0.3) is 0 Å². The number of rotatable bonds is 4. The first-order chi connectivity index (χ1) is 16.9. The van der Waals surface area contributed by atoms with Gasteiger partial charge in [0.05, 0.1) is 22.7 Å². The van der Waals surface area contributed by atoms with Crippen LogP contribution in [0, 0.1) is 12.7 Å². The molecular formula is C23H16ClF9N2O2. The van der Waals surface area contributed by atoms with Crippen molar-refractivity contribution in [2.45, 2.75) is 56.1 Å². The Morgan fingerprint density at radius 3 is 2.30 bits per heavy atom. The zero-order valence-electron chi connectivity index (χ0n) is 18.6. The van der Waals surface area contributed by atoms with E-state index in [-0.39, 0.29) is 34.5 Å². The zero-order valence-corrected chi connectivity index (χ0v) is 19.4. The number of hydrogen-bond donors (Lipinski definition) is 1. The minimum atomic E-state index is -5.41. The maximum Gasteiger partial charge on any atom is 0.435 e. The molecule has 0 unspecified atom stereocenters. The van der Waals surface area contributed by atoms with Crippen LogP contribution in [0.15, 0.2) is 35.5 Å². The number of nitrogens with zero attached hydrogens (tertiary/aromatic N) is 1. The van der Waals surface area contributed by atoms with Gasteiger partial charge in [-0.3, -0.25) is 4.79 Å². The second-order valence-corrected chi connectivity index (χ2v) is 9.32. The predicted octanol–water partition coefficient (Wildman–Crippen LogP) is 6.92. The summed E-state index contributed by atoms with van der Waals surface area (Å²) in [6.45, 7) is 1.44. The summed E-state index contributed by atoms with van der Waals surface area (Å²) in [6, 6.07) is 3.13. The van der Waals surface area contributed by atoms with E-state index in [1.54, 1.807) is 0 Å². The Balaban J connectivity index is 1.63. The molecule has 37 heavy (non-hydrogen) atoms. The van der Waals surface area contributed by atoms with Crippen molar-refractivity contribution < 1.29 is 49.1 Å². The molecule has 2 aromatic rings. The highest BCUT2D eigenvalue weighted by Crippen LogP contribution is 2.51. The number of oxime groups is 1. The fourth-order valence-electron chi connectivity index (χ4n) is 4.21. The van der Waals surface area contributed by atoms with Crippen LogP contribution in [0.1, 0.15) is 51.9 Å². The number of amides is 1. The molecular weight excluding hydrogens is 543 g/mol. The van der Waals surface area contributed by atoms with E-state index in [1.165, 1.54) is 25.1 Å². The van der Waals surface area contributed by atoms with Crippen molar-refractivity contribution in [2.24, 2.45) is 5.16 Å². The average molecular weight is 559 g/mol. The molecule has 1 heterocycles. The summed E-state index contributed by atoms with van der Waals surface area (Å²) in [4.78, 5) is 17.0. The SMILES string of the molecule is Cc1cc(C2=NO[C@@](c3cc(C(F)(F)F)cc(Cl)c3F)(C(F)(F)F)C2)ccc1C(=O)NC1CC(F)(F)C1. The van der Waals surface area contributed by atoms with E-state index in [0.29, 0.717) is 0 Å². The maximum absolute atomic E-state index is 14.7. The van der Waals surface area contributed by atoms with Crippen LogP contribution in [-0.4, -0.2) is 29.8 Å². The summed E-state index contributed by atoms with van der Waals surface area (Å²) in [5.74, 6) is -5.26. The van der Waals surface area contributed by atoms with Gasteiger partial charge < -0.3 is 10.2 Å². The number of carbonyl (C=O) groups excluding carboxylic acids is 1. The molecule has 1 N–H and O–H groups in total. The van der Waals surface area contributed by atoms with Crippen molar-refractivity contribution in [3.8, 4) is 0 Å². The van der Waals surface area contributed by atoms with Crippen LogP contribution in [0.3, 0.4) is 0 Å². The first kappa shape index (κ1) is 27.1. The molecule has 2 aliphatic rings. The summed E-state index contributed by atoms with van der Waals surface area (Å²) >= 11 is 5.49. The first-order valence-electron chi connectivity index (χ1n) is 10.6. The van der Waals surface area contributed by atoms with Crippen molar-refractivity contribution in [1.82, 2.24) is 5.32 Å². The van der Waals surface area contributed by atoms with Gasteiger partial charge in [-0.25, -0.2) is 13.2 Å². The van der Waals surface area contributed by atoms with Crippen molar-refractivity contribution in [3.05, 3.63) is 69.0 Å². The number of alkyl halides is 8. The normalized spacial score (nSPS) is 21.8. The molecule has 14 heteroatoms. The molecule has 0 radical (unpaired) electrons. The topological polar surface area (TPSA) is 50.7 Å². The van der Waals surface area contributed by atoms with Crippen molar-refractivity contribution in [2.75, 3.05) is 0 Å². The van der Waals surface area contributed by atoms with E-state index in [1.807, 2.05) is 0 Å². The molecule has 2 aromatic carbocycles. The van der Waals surface area contributed by atoms with Crippen molar-refractivity contribution >= 4 is 23.2 Å². The van der Waals surface area contributed by atoms with Crippen LogP contribution >= 0.6 is 11.6 Å². The fraction of sp³-hybridized carbons (Fsp3) is 0.391. The third kappa shape index (κ3) is 4.97. The average Bonchev–Trinajstić information content (AvgIpc) is 3.20. The van der Waals surface area contributed by atoms with Gasteiger partial charge in [0.25, 0.3) is 17.4 Å². The van der Waals surface area contributed by atoms with Crippen LogP contribution in [0.5, 0.6) is 0 Å². The largest absolute Gasteiger partial charge is 0.435 e. The lowest BCUT2D eigenvalue weighted by atomic mass is 9.85. The molecule has 0 saturated heterocycles. The molecule has 0 aromatic heterocycles. The Hall–Kier alpha value is -2.96. The van der Waals surface area contributed by atoms with Gasteiger partial charge >= 0.3 is 12.4 Å². The molecule has 4 nitrogen and oxygen atoms in total. The summed E-state index contributed by atoms with van der Waals surface area (Å²) in [5, 5.41) is 4.64. The highest BCUT2D eigenvalue weighted by molar-refractivity contribution is 6.30.